The summed E-state index contributed by atoms with van der Waals surface area (Å²) in [4.78, 5) is 2.06. The van der Waals surface area contributed by atoms with Crippen molar-refractivity contribution in [2.24, 2.45) is 0 Å². The zero-order chi connectivity index (χ0) is 18.1. The van der Waals surface area contributed by atoms with Crippen molar-refractivity contribution in [1.82, 2.24) is 9.47 Å². The first-order chi connectivity index (χ1) is 12.6. The lowest BCUT2D eigenvalue weighted by Gasteiger charge is -2.31. The fourth-order valence-electron chi connectivity index (χ4n) is 3.72. The lowest BCUT2D eigenvalue weighted by Crippen LogP contribution is -2.30. The third-order valence-electron chi connectivity index (χ3n) is 4.96. The lowest BCUT2D eigenvalue weighted by molar-refractivity contribution is 0.214. The summed E-state index contributed by atoms with van der Waals surface area (Å²) in [7, 11) is 0. The van der Waals surface area contributed by atoms with Gasteiger partial charge in [-0.25, -0.2) is 13.2 Å². The van der Waals surface area contributed by atoms with Crippen LogP contribution in [-0.2, 0) is 13.1 Å². The van der Waals surface area contributed by atoms with Crippen molar-refractivity contribution in [2.75, 3.05) is 6.54 Å². The minimum atomic E-state index is -0.539. The van der Waals surface area contributed by atoms with Gasteiger partial charge in [-0.15, -0.1) is 0 Å². The van der Waals surface area contributed by atoms with E-state index in [1.165, 1.54) is 30.3 Å². The third-order valence-corrected chi connectivity index (χ3v) is 4.96. The van der Waals surface area contributed by atoms with Gasteiger partial charge in [0.05, 0.1) is 6.04 Å². The Bertz CT molecular complexity index is 882. The molecule has 1 atom stereocenters. The molecule has 0 saturated heterocycles. The first-order valence-electron chi connectivity index (χ1n) is 8.71. The molecular formula is C21H19F3N2. The van der Waals surface area contributed by atoms with Crippen LogP contribution in [0.5, 0.6) is 0 Å². The molecule has 26 heavy (non-hydrogen) atoms. The Kier molecular flexibility index (Phi) is 4.55. The average Bonchev–Trinajstić information content (AvgIpc) is 3.01. The quantitative estimate of drug-likeness (QED) is 0.648. The molecule has 2 heterocycles. The van der Waals surface area contributed by atoms with Crippen molar-refractivity contribution in [1.29, 1.82) is 0 Å². The number of nitrogens with zero attached hydrogens (tertiary/aromatic N) is 2. The summed E-state index contributed by atoms with van der Waals surface area (Å²) in [6.45, 7) is 1.69. The van der Waals surface area contributed by atoms with Gasteiger partial charge in [0.1, 0.15) is 17.5 Å². The predicted molar refractivity (Wildman–Crippen MR) is 94.1 cm³/mol. The van der Waals surface area contributed by atoms with Crippen LogP contribution in [-0.4, -0.2) is 16.0 Å². The Labute approximate surface area is 150 Å². The van der Waals surface area contributed by atoms with Gasteiger partial charge in [-0.1, -0.05) is 18.2 Å². The van der Waals surface area contributed by atoms with Crippen LogP contribution in [0.15, 0.2) is 60.8 Å². The van der Waals surface area contributed by atoms with Crippen molar-refractivity contribution >= 4 is 0 Å². The van der Waals surface area contributed by atoms with Gasteiger partial charge in [0.25, 0.3) is 0 Å². The van der Waals surface area contributed by atoms with Gasteiger partial charge >= 0.3 is 0 Å². The molecule has 0 bridgehead atoms. The smallest absolute Gasteiger partial charge is 0.130 e. The molecule has 2 nitrogen and oxygen atoms in total. The highest BCUT2D eigenvalue weighted by molar-refractivity contribution is 5.31. The molecule has 0 aliphatic carbocycles. The monoisotopic (exact) mass is 356 g/mol. The molecule has 4 rings (SSSR count). The number of fused-ring (bicyclic) bond motifs is 1. The average molecular weight is 356 g/mol. The molecule has 3 aromatic rings. The van der Waals surface area contributed by atoms with Gasteiger partial charge < -0.3 is 4.57 Å². The largest absolute Gasteiger partial charge is 0.350 e. The molecule has 2 aromatic carbocycles. The van der Waals surface area contributed by atoms with Crippen LogP contribution >= 0.6 is 0 Å². The van der Waals surface area contributed by atoms with Crippen LogP contribution in [0.3, 0.4) is 0 Å². The van der Waals surface area contributed by atoms with Gasteiger partial charge in [0.2, 0.25) is 0 Å². The molecule has 0 amide bonds. The SMILES string of the molecule is Fc1ccc([C@@H]2c3cccn3CCCN2Cc2c(F)cccc2F)cc1. The zero-order valence-corrected chi connectivity index (χ0v) is 14.2. The molecule has 1 aliphatic heterocycles. The number of rotatable bonds is 3. The maximum Gasteiger partial charge on any atom is 0.130 e. The summed E-state index contributed by atoms with van der Waals surface area (Å²) in [5.74, 6) is -1.38. The summed E-state index contributed by atoms with van der Waals surface area (Å²) in [5, 5.41) is 0. The van der Waals surface area contributed by atoms with Crippen molar-refractivity contribution < 1.29 is 13.2 Å². The minimum absolute atomic E-state index is 0.0691. The number of aromatic nitrogens is 1. The molecule has 0 unspecified atom stereocenters. The van der Waals surface area contributed by atoms with Crippen LogP contribution in [0.1, 0.15) is 29.3 Å². The topological polar surface area (TPSA) is 8.17 Å². The fraction of sp³-hybridized carbons (Fsp3) is 0.238. The van der Waals surface area contributed by atoms with Gasteiger partial charge in [-0.3, -0.25) is 4.90 Å². The first-order valence-corrected chi connectivity index (χ1v) is 8.71. The second-order valence-corrected chi connectivity index (χ2v) is 6.60. The van der Waals surface area contributed by atoms with E-state index in [0.29, 0.717) is 6.54 Å². The van der Waals surface area contributed by atoms with Crippen LogP contribution in [0.4, 0.5) is 13.2 Å². The molecule has 0 spiro atoms. The summed E-state index contributed by atoms with van der Waals surface area (Å²) in [6.07, 6.45) is 2.88. The van der Waals surface area contributed by atoms with Crippen molar-refractivity contribution in [3.63, 3.8) is 0 Å². The van der Waals surface area contributed by atoms with E-state index in [0.717, 1.165) is 24.2 Å². The number of hydrogen-bond donors (Lipinski definition) is 0. The Morgan fingerprint density at radius 1 is 0.846 bits per heavy atom. The Morgan fingerprint density at radius 3 is 2.31 bits per heavy atom. The molecule has 0 N–H and O–H groups in total. The predicted octanol–water partition coefficient (Wildman–Crippen LogP) is 4.90. The van der Waals surface area contributed by atoms with E-state index in [2.05, 4.69) is 9.47 Å². The van der Waals surface area contributed by atoms with E-state index in [-0.39, 0.29) is 24.0 Å². The van der Waals surface area contributed by atoms with Gasteiger partial charge in [0, 0.05) is 37.1 Å². The molecule has 0 fully saturated rings. The second-order valence-electron chi connectivity index (χ2n) is 6.60. The molecule has 0 saturated carbocycles. The summed E-state index contributed by atoms with van der Waals surface area (Å²) < 4.78 is 44.0. The molecule has 5 heteroatoms. The Morgan fingerprint density at radius 2 is 1.58 bits per heavy atom. The van der Waals surface area contributed by atoms with Crippen molar-refractivity contribution in [3.05, 3.63) is 95.1 Å². The molecular weight excluding hydrogens is 337 g/mol. The standard InChI is InChI=1S/C21H19F3N2/c22-16-9-7-15(8-10-16)21-20-6-2-11-25(20)12-3-13-26(21)14-17-18(23)4-1-5-19(17)24/h1-2,4-11,21H,3,12-14H2/t21-/m1/s1. The van der Waals surface area contributed by atoms with Gasteiger partial charge in [0.15, 0.2) is 0 Å². The molecule has 0 radical (unpaired) electrons. The highest BCUT2D eigenvalue weighted by Crippen LogP contribution is 2.33. The zero-order valence-electron chi connectivity index (χ0n) is 14.2. The first kappa shape index (κ1) is 16.9. The van der Waals surface area contributed by atoms with E-state index in [1.807, 2.05) is 18.3 Å². The van der Waals surface area contributed by atoms with Crippen molar-refractivity contribution in [3.8, 4) is 0 Å². The fourth-order valence-corrected chi connectivity index (χ4v) is 3.72. The van der Waals surface area contributed by atoms with Crippen molar-refractivity contribution in [2.45, 2.75) is 25.6 Å². The summed E-state index contributed by atoms with van der Waals surface area (Å²) >= 11 is 0. The number of halogens is 3. The molecule has 1 aromatic heterocycles. The van der Waals surface area contributed by atoms with Crippen LogP contribution in [0, 0.1) is 17.5 Å². The van der Waals surface area contributed by atoms with E-state index < -0.39 is 11.6 Å². The van der Waals surface area contributed by atoms with E-state index in [1.54, 1.807) is 12.1 Å². The van der Waals surface area contributed by atoms with E-state index in [9.17, 15) is 13.2 Å². The van der Waals surface area contributed by atoms with Crippen LogP contribution < -0.4 is 0 Å². The van der Waals surface area contributed by atoms with E-state index >= 15 is 0 Å². The Hall–Kier alpha value is -2.53. The summed E-state index contributed by atoms with van der Waals surface area (Å²) in [5.41, 5.74) is 2.02. The van der Waals surface area contributed by atoms with Crippen LogP contribution in [0.2, 0.25) is 0 Å². The highest BCUT2D eigenvalue weighted by atomic mass is 19.1. The highest BCUT2D eigenvalue weighted by Gasteiger charge is 2.28. The van der Waals surface area contributed by atoms with Crippen LogP contribution in [0.25, 0.3) is 0 Å². The number of aryl methyl sites for hydroxylation is 1. The maximum atomic E-state index is 14.2. The van der Waals surface area contributed by atoms with E-state index in [4.69, 9.17) is 0 Å². The maximum absolute atomic E-state index is 14.2. The van der Waals surface area contributed by atoms with Gasteiger partial charge in [-0.2, -0.15) is 0 Å². The lowest BCUT2D eigenvalue weighted by atomic mass is 10.0. The van der Waals surface area contributed by atoms with Gasteiger partial charge in [-0.05, 0) is 48.4 Å². The molecule has 134 valence electrons. The molecule has 1 aliphatic rings. The number of hydrogen-bond acceptors (Lipinski definition) is 1. The normalized spacial score (nSPS) is 17.7. The second kappa shape index (κ2) is 7.00. The Balaban J connectivity index is 1.77. The minimum Gasteiger partial charge on any atom is -0.350 e. The third kappa shape index (κ3) is 3.15. The number of benzene rings is 2. The summed E-state index contributed by atoms with van der Waals surface area (Å²) in [6, 6.07) is 14.1.